The molecule has 1 amide bonds. The van der Waals surface area contributed by atoms with Crippen LogP contribution < -0.4 is 5.32 Å². The maximum atomic E-state index is 13.9. The molecule has 0 atom stereocenters. The Hall–Kier alpha value is -1.93. The molecule has 5 heteroatoms. The normalized spacial score (nSPS) is 10.3. The van der Waals surface area contributed by atoms with Gasteiger partial charge in [0.1, 0.15) is 11.9 Å². The number of hydrogen-bond acceptors (Lipinski definition) is 3. The minimum absolute atomic E-state index is 0.0339. The number of nitriles is 1. The fourth-order valence-corrected chi connectivity index (χ4v) is 1.76. The van der Waals surface area contributed by atoms with Crippen LogP contribution in [-0.2, 0) is 11.3 Å². The molecule has 0 heterocycles. The van der Waals surface area contributed by atoms with Gasteiger partial charge in [0.15, 0.2) is 0 Å². The Kier molecular flexibility index (Phi) is 5.97. The van der Waals surface area contributed by atoms with E-state index in [9.17, 15) is 9.18 Å². The molecule has 0 saturated heterocycles. The van der Waals surface area contributed by atoms with Gasteiger partial charge in [-0.2, -0.15) is 5.26 Å². The average molecular weight is 263 g/mol. The molecule has 1 aromatic rings. The largest absolute Gasteiger partial charge is 0.355 e. The fraction of sp³-hybridized carbons (Fsp3) is 0.429. The van der Waals surface area contributed by atoms with E-state index >= 15 is 0 Å². The van der Waals surface area contributed by atoms with Gasteiger partial charge in [0, 0.05) is 18.7 Å². The van der Waals surface area contributed by atoms with Crippen LogP contribution in [0.1, 0.15) is 25.0 Å². The molecule has 0 aliphatic carbocycles. The molecule has 19 heavy (non-hydrogen) atoms. The topological polar surface area (TPSA) is 56.1 Å². The number of carbonyl (C=O) groups excluding carboxylic acids is 1. The van der Waals surface area contributed by atoms with Crippen LogP contribution in [0.3, 0.4) is 0 Å². The number of likely N-dealkylation sites (N-methyl/N-ethyl adjacent to an activating group) is 2. The zero-order valence-electron chi connectivity index (χ0n) is 11.2. The fourth-order valence-electron chi connectivity index (χ4n) is 1.76. The summed E-state index contributed by atoms with van der Waals surface area (Å²) in [6.07, 6.45) is 0. The Balaban J connectivity index is 2.76. The van der Waals surface area contributed by atoms with Crippen LogP contribution in [0, 0.1) is 17.1 Å². The van der Waals surface area contributed by atoms with E-state index in [0.29, 0.717) is 25.2 Å². The second-order valence-electron chi connectivity index (χ2n) is 4.15. The Labute approximate surface area is 112 Å². The van der Waals surface area contributed by atoms with Crippen LogP contribution in [0.25, 0.3) is 0 Å². The van der Waals surface area contributed by atoms with E-state index in [1.54, 1.807) is 12.1 Å². The van der Waals surface area contributed by atoms with Crippen molar-refractivity contribution < 1.29 is 9.18 Å². The van der Waals surface area contributed by atoms with Gasteiger partial charge in [-0.1, -0.05) is 19.1 Å². The molecule has 0 radical (unpaired) electrons. The number of halogens is 1. The molecule has 1 rings (SSSR count). The first-order chi connectivity index (χ1) is 9.12. The van der Waals surface area contributed by atoms with Gasteiger partial charge in [-0.25, -0.2) is 4.39 Å². The summed E-state index contributed by atoms with van der Waals surface area (Å²) in [4.78, 5) is 13.3. The van der Waals surface area contributed by atoms with Gasteiger partial charge in [0.2, 0.25) is 5.91 Å². The highest BCUT2D eigenvalue weighted by atomic mass is 19.1. The molecule has 0 aliphatic rings. The highest BCUT2D eigenvalue weighted by Gasteiger charge is 2.13. The van der Waals surface area contributed by atoms with Crippen LogP contribution in [0.15, 0.2) is 18.2 Å². The zero-order valence-corrected chi connectivity index (χ0v) is 11.2. The standard InChI is InChI=1S/C14H18FN3O/c1-3-17-13(19)10-18(4-2)9-12-7-5-6-11(8-16)14(12)15/h5-7H,3-4,9-10H2,1-2H3,(H,17,19). The van der Waals surface area contributed by atoms with Gasteiger partial charge < -0.3 is 5.32 Å². The lowest BCUT2D eigenvalue weighted by molar-refractivity contribution is -0.122. The van der Waals surface area contributed by atoms with Gasteiger partial charge in [0.05, 0.1) is 12.1 Å². The summed E-state index contributed by atoms with van der Waals surface area (Å²) in [6, 6.07) is 6.54. The second-order valence-corrected chi connectivity index (χ2v) is 4.15. The molecule has 1 aromatic carbocycles. The number of hydrogen-bond donors (Lipinski definition) is 1. The monoisotopic (exact) mass is 263 g/mol. The van der Waals surface area contributed by atoms with Crippen LogP contribution in [0.2, 0.25) is 0 Å². The number of nitrogens with zero attached hydrogens (tertiary/aromatic N) is 2. The van der Waals surface area contributed by atoms with Gasteiger partial charge in [0.25, 0.3) is 0 Å². The molecule has 4 nitrogen and oxygen atoms in total. The van der Waals surface area contributed by atoms with Crippen molar-refractivity contribution in [2.24, 2.45) is 0 Å². The molecular weight excluding hydrogens is 245 g/mol. The molecule has 0 unspecified atom stereocenters. The summed E-state index contributed by atoms with van der Waals surface area (Å²) in [6.45, 7) is 5.51. The van der Waals surface area contributed by atoms with Crippen molar-refractivity contribution in [1.29, 1.82) is 5.26 Å². The predicted octanol–water partition coefficient (Wildman–Crippen LogP) is 1.66. The Morgan fingerprint density at radius 3 is 2.79 bits per heavy atom. The third-order valence-corrected chi connectivity index (χ3v) is 2.78. The van der Waals surface area contributed by atoms with E-state index in [-0.39, 0.29) is 18.0 Å². The van der Waals surface area contributed by atoms with Crippen molar-refractivity contribution in [3.05, 3.63) is 35.1 Å². The van der Waals surface area contributed by atoms with Crippen molar-refractivity contribution in [2.75, 3.05) is 19.6 Å². The number of amides is 1. The summed E-state index contributed by atoms with van der Waals surface area (Å²) in [5, 5.41) is 11.5. The predicted molar refractivity (Wildman–Crippen MR) is 70.7 cm³/mol. The number of carbonyl (C=O) groups is 1. The smallest absolute Gasteiger partial charge is 0.234 e. The van der Waals surface area contributed by atoms with Gasteiger partial charge in [-0.05, 0) is 19.5 Å². The summed E-state index contributed by atoms with van der Waals surface area (Å²) < 4.78 is 13.9. The van der Waals surface area contributed by atoms with Crippen molar-refractivity contribution in [3.63, 3.8) is 0 Å². The lowest BCUT2D eigenvalue weighted by Gasteiger charge is -2.20. The van der Waals surface area contributed by atoms with E-state index in [2.05, 4.69) is 5.32 Å². The number of benzene rings is 1. The zero-order chi connectivity index (χ0) is 14.3. The summed E-state index contributed by atoms with van der Waals surface area (Å²) in [7, 11) is 0. The first-order valence-electron chi connectivity index (χ1n) is 6.28. The lowest BCUT2D eigenvalue weighted by Crippen LogP contribution is -2.36. The molecule has 102 valence electrons. The highest BCUT2D eigenvalue weighted by Crippen LogP contribution is 2.14. The third kappa shape index (κ3) is 4.34. The average Bonchev–Trinajstić information content (AvgIpc) is 2.40. The van der Waals surface area contributed by atoms with Crippen molar-refractivity contribution in [3.8, 4) is 6.07 Å². The SMILES string of the molecule is CCNC(=O)CN(CC)Cc1cccc(C#N)c1F. The summed E-state index contributed by atoms with van der Waals surface area (Å²) in [5.41, 5.74) is 0.469. The van der Waals surface area contributed by atoms with Crippen molar-refractivity contribution in [2.45, 2.75) is 20.4 Å². The van der Waals surface area contributed by atoms with E-state index < -0.39 is 5.82 Å². The first-order valence-corrected chi connectivity index (χ1v) is 6.28. The van der Waals surface area contributed by atoms with Crippen molar-refractivity contribution >= 4 is 5.91 Å². The number of nitrogens with one attached hydrogen (secondary N) is 1. The molecule has 0 spiro atoms. The molecule has 1 N–H and O–H groups in total. The Bertz CT molecular complexity index is 482. The molecule has 0 bridgehead atoms. The maximum Gasteiger partial charge on any atom is 0.234 e. The van der Waals surface area contributed by atoms with Gasteiger partial charge in [-0.3, -0.25) is 9.69 Å². The Morgan fingerprint density at radius 2 is 2.21 bits per heavy atom. The van der Waals surface area contributed by atoms with Crippen molar-refractivity contribution in [1.82, 2.24) is 10.2 Å². The van der Waals surface area contributed by atoms with E-state index in [1.165, 1.54) is 6.07 Å². The second kappa shape index (κ2) is 7.49. The molecular formula is C14H18FN3O. The van der Waals surface area contributed by atoms with E-state index in [0.717, 1.165) is 0 Å². The van der Waals surface area contributed by atoms with Crippen LogP contribution in [0.5, 0.6) is 0 Å². The quantitative estimate of drug-likeness (QED) is 0.849. The summed E-state index contributed by atoms with van der Waals surface area (Å²) >= 11 is 0. The highest BCUT2D eigenvalue weighted by molar-refractivity contribution is 5.77. The first kappa shape index (κ1) is 15.1. The molecule has 0 fully saturated rings. The maximum absolute atomic E-state index is 13.9. The van der Waals surface area contributed by atoms with Crippen LogP contribution in [0.4, 0.5) is 4.39 Å². The van der Waals surface area contributed by atoms with Crippen LogP contribution >= 0.6 is 0 Å². The molecule has 0 aromatic heterocycles. The summed E-state index contributed by atoms with van der Waals surface area (Å²) in [5.74, 6) is -0.583. The minimum atomic E-state index is -0.501. The van der Waals surface area contributed by atoms with Crippen LogP contribution in [-0.4, -0.2) is 30.4 Å². The van der Waals surface area contributed by atoms with E-state index in [1.807, 2.05) is 24.8 Å². The third-order valence-electron chi connectivity index (χ3n) is 2.78. The van der Waals surface area contributed by atoms with Gasteiger partial charge in [-0.15, -0.1) is 0 Å². The molecule has 0 aliphatic heterocycles. The minimum Gasteiger partial charge on any atom is -0.355 e. The lowest BCUT2D eigenvalue weighted by atomic mass is 10.1. The molecule has 0 saturated carbocycles. The van der Waals surface area contributed by atoms with E-state index in [4.69, 9.17) is 5.26 Å². The Morgan fingerprint density at radius 1 is 1.47 bits per heavy atom. The van der Waals surface area contributed by atoms with Gasteiger partial charge >= 0.3 is 0 Å². The number of rotatable bonds is 6.